The number of halogens is 1. The van der Waals surface area contributed by atoms with Crippen LogP contribution in [-0.4, -0.2) is 37.4 Å². The predicted molar refractivity (Wildman–Crippen MR) is 74.6 cm³/mol. The van der Waals surface area contributed by atoms with Crippen molar-refractivity contribution in [2.24, 2.45) is 0 Å². The van der Waals surface area contributed by atoms with Crippen LogP contribution in [0.5, 0.6) is 0 Å². The van der Waals surface area contributed by atoms with Gasteiger partial charge in [-0.15, -0.1) is 0 Å². The molecule has 1 aliphatic rings. The molecule has 0 radical (unpaired) electrons. The third kappa shape index (κ3) is 2.49. The minimum atomic E-state index is -0.142. The second kappa shape index (κ2) is 4.96. The molecule has 1 saturated heterocycles. The summed E-state index contributed by atoms with van der Waals surface area (Å²) in [6, 6.07) is 6.42. The minimum Gasteiger partial charge on any atom is -0.394 e. The molecule has 0 bridgehead atoms. The zero-order chi connectivity index (χ0) is 12.5. The molecule has 1 atom stereocenters. The van der Waals surface area contributed by atoms with Crippen molar-refractivity contribution in [1.82, 2.24) is 5.32 Å². The Bertz CT molecular complexity index is 404. The average Bonchev–Trinajstić information content (AvgIpc) is 2.78. The van der Waals surface area contributed by atoms with E-state index in [2.05, 4.69) is 51.3 Å². The molecular formula is C13H19BrN2O. The first-order valence-corrected chi connectivity index (χ1v) is 6.70. The number of aliphatic hydroxyl groups is 1. The Morgan fingerprint density at radius 2 is 2.29 bits per heavy atom. The summed E-state index contributed by atoms with van der Waals surface area (Å²) in [6.45, 7) is 4.11. The van der Waals surface area contributed by atoms with Crippen LogP contribution < -0.4 is 10.2 Å². The fourth-order valence-electron chi connectivity index (χ4n) is 2.28. The van der Waals surface area contributed by atoms with E-state index in [9.17, 15) is 5.11 Å². The van der Waals surface area contributed by atoms with E-state index in [0.717, 1.165) is 24.0 Å². The highest BCUT2D eigenvalue weighted by Crippen LogP contribution is 2.29. The summed E-state index contributed by atoms with van der Waals surface area (Å²) in [6.07, 6.45) is 0.978. The van der Waals surface area contributed by atoms with Gasteiger partial charge in [-0.1, -0.05) is 22.0 Å². The molecule has 2 N–H and O–H groups in total. The Morgan fingerprint density at radius 1 is 1.53 bits per heavy atom. The maximum Gasteiger partial charge on any atom is 0.0631 e. The highest BCUT2D eigenvalue weighted by Gasteiger charge is 2.36. The van der Waals surface area contributed by atoms with Gasteiger partial charge in [-0.05, 0) is 38.1 Å². The van der Waals surface area contributed by atoms with Crippen molar-refractivity contribution in [3.05, 3.63) is 28.2 Å². The second-order valence-corrected chi connectivity index (χ2v) is 5.65. The van der Waals surface area contributed by atoms with Crippen LogP contribution in [-0.2, 0) is 0 Å². The van der Waals surface area contributed by atoms with Gasteiger partial charge in [0.05, 0.1) is 12.1 Å². The number of benzene rings is 1. The summed E-state index contributed by atoms with van der Waals surface area (Å²) in [4.78, 5) is 2.32. The molecule has 94 valence electrons. The van der Waals surface area contributed by atoms with Crippen LogP contribution in [0.3, 0.4) is 0 Å². The predicted octanol–water partition coefficient (Wildman–Crippen LogP) is 1.92. The van der Waals surface area contributed by atoms with Gasteiger partial charge >= 0.3 is 0 Å². The van der Waals surface area contributed by atoms with Crippen LogP contribution in [0.25, 0.3) is 0 Å². The van der Waals surface area contributed by atoms with E-state index in [0.29, 0.717) is 0 Å². The van der Waals surface area contributed by atoms with Gasteiger partial charge in [-0.3, -0.25) is 0 Å². The van der Waals surface area contributed by atoms with Gasteiger partial charge in [0, 0.05) is 23.2 Å². The van der Waals surface area contributed by atoms with E-state index in [4.69, 9.17) is 0 Å². The number of aryl methyl sites for hydroxylation is 1. The van der Waals surface area contributed by atoms with Crippen molar-refractivity contribution in [1.29, 1.82) is 0 Å². The second-order valence-electron chi connectivity index (χ2n) is 4.79. The fourth-order valence-corrected chi connectivity index (χ4v) is 2.65. The number of nitrogens with zero attached hydrogens (tertiary/aromatic N) is 1. The Morgan fingerprint density at radius 3 is 2.82 bits per heavy atom. The normalized spacial score (nSPS) is 24.4. The van der Waals surface area contributed by atoms with E-state index < -0.39 is 0 Å². The smallest absolute Gasteiger partial charge is 0.0631 e. The van der Waals surface area contributed by atoms with E-state index in [1.54, 1.807) is 0 Å². The molecule has 1 unspecified atom stereocenters. The zero-order valence-electron chi connectivity index (χ0n) is 10.3. The van der Waals surface area contributed by atoms with E-state index in [1.165, 1.54) is 11.3 Å². The summed E-state index contributed by atoms with van der Waals surface area (Å²) in [7, 11) is 1.92. The Hall–Kier alpha value is -0.580. The average molecular weight is 299 g/mol. The lowest BCUT2D eigenvalue weighted by Gasteiger charge is -2.27. The van der Waals surface area contributed by atoms with Crippen LogP contribution >= 0.6 is 15.9 Å². The molecule has 1 fully saturated rings. The topological polar surface area (TPSA) is 35.5 Å². The summed E-state index contributed by atoms with van der Waals surface area (Å²) >= 11 is 3.56. The lowest BCUT2D eigenvalue weighted by Crippen LogP contribution is -2.48. The molecule has 0 amide bonds. The number of hydrogen-bond donors (Lipinski definition) is 2. The van der Waals surface area contributed by atoms with Crippen molar-refractivity contribution in [2.45, 2.75) is 18.9 Å². The largest absolute Gasteiger partial charge is 0.394 e. The van der Waals surface area contributed by atoms with Crippen LogP contribution in [0.1, 0.15) is 12.0 Å². The number of anilines is 1. The van der Waals surface area contributed by atoms with Crippen molar-refractivity contribution < 1.29 is 5.11 Å². The SMILES string of the molecule is CNC1(CO)CCN(c2ccc(C)c(Br)c2)C1. The number of likely N-dealkylation sites (N-methyl/N-ethyl adjacent to an activating group) is 1. The van der Waals surface area contributed by atoms with Gasteiger partial charge in [0.15, 0.2) is 0 Å². The first kappa shape index (κ1) is 12.9. The van der Waals surface area contributed by atoms with Crippen LogP contribution in [0.2, 0.25) is 0 Å². The highest BCUT2D eigenvalue weighted by molar-refractivity contribution is 9.10. The Labute approximate surface area is 111 Å². The van der Waals surface area contributed by atoms with Crippen molar-refractivity contribution in [3.63, 3.8) is 0 Å². The van der Waals surface area contributed by atoms with Crippen LogP contribution in [0.15, 0.2) is 22.7 Å². The molecule has 2 rings (SSSR count). The van der Waals surface area contributed by atoms with Crippen molar-refractivity contribution in [3.8, 4) is 0 Å². The van der Waals surface area contributed by atoms with Crippen LogP contribution in [0, 0.1) is 6.92 Å². The molecule has 0 saturated carbocycles. The van der Waals surface area contributed by atoms with Gasteiger partial charge in [0.25, 0.3) is 0 Å². The van der Waals surface area contributed by atoms with Gasteiger partial charge in [0.1, 0.15) is 0 Å². The first-order chi connectivity index (χ1) is 8.10. The number of nitrogens with one attached hydrogen (secondary N) is 1. The lowest BCUT2D eigenvalue weighted by molar-refractivity contribution is 0.184. The quantitative estimate of drug-likeness (QED) is 0.895. The van der Waals surface area contributed by atoms with Crippen molar-refractivity contribution >= 4 is 21.6 Å². The van der Waals surface area contributed by atoms with Crippen molar-refractivity contribution in [2.75, 3.05) is 31.6 Å². The standard InChI is InChI=1S/C13H19BrN2O/c1-10-3-4-11(7-12(10)14)16-6-5-13(8-16,9-17)15-2/h3-4,7,15,17H,5-6,8-9H2,1-2H3. The first-order valence-electron chi connectivity index (χ1n) is 5.91. The zero-order valence-corrected chi connectivity index (χ0v) is 11.9. The number of rotatable bonds is 3. The van der Waals surface area contributed by atoms with Crippen LogP contribution in [0.4, 0.5) is 5.69 Å². The molecule has 17 heavy (non-hydrogen) atoms. The maximum atomic E-state index is 9.48. The van der Waals surface area contributed by atoms with Gasteiger partial charge < -0.3 is 15.3 Å². The van der Waals surface area contributed by atoms with E-state index in [-0.39, 0.29) is 12.1 Å². The van der Waals surface area contributed by atoms with Gasteiger partial charge in [0.2, 0.25) is 0 Å². The van der Waals surface area contributed by atoms with E-state index in [1.807, 2.05) is 7.05 Å². The Balaban J connectivity index is 2.17. The molecular weight excluding hydrogens is 280 g/mol. The summed E-state index contributed by atoms with van der Waals surface area (Å²) in [5.74, 6) is 0. The van der Waals surface area contributed by atoms with Gasteiger partial charge in [-0.2, -0.15) is 0 Å². The molecule has 0 aromatic heterocycles. The number of hydrogen-bond acceptors (Lipinski definition) is 3. The molecule has 0 aliphatic carbocycles. The summed E-state index contributed by atoms with van der Waals surface area (Å²) in [5.41, 5.74) is 2.32. The lowest BCUT2D eigenvalue weighted by atomic mass is 10.0. The third-order valence-electron chi connectivity index (χ3n) is 3.71. The molecule has 4 heteroatoms. The molecule has 1 aliphatic heterocycles. The number of aliphatic hydroxyl groups excluding tert-OH is 1. The molecule has 0 spiro atoms. The maximum absolute atomic E-state index is 9.48. The molecule has 1 aromatic rings. The highest BCUT2D eigenvalue weighted by atomic mass is 79.9. The fraction of sp³-hybridized carbons (Fsp3) is 0.538. The minimum absolute atomic E-state index is 0.142. The van der Waals surface area contributed by atoms with Gasteiger partial charge in [-0.25, -0.2) is 0 Å². The summed E-state index contributed by atoms with van der Waals surface area (Å²) in [5, 5.41) is 12.7. The Kier molecular flexibility index (Phi) is 3.76. The monoisotopic (exact) mass is 298 g/mol. The molecule has 1 heterocycles. The molecule has 1 aromatic carbocycles. The van der Waals surface area contributed by atoms with E-state index >= 15 is 0 Å². The molecule has 3 nitrogen and oxygen atoms in total. The summed E-state index contributed by atoms with van der Waals surface area (Å²) < 4.78 is 1.14. The third-order valence-corrected chi connectivity index (χ3v) is 4.56.